The van der Waals surface area contributed by atoms with E-state index in [0.29, 0.717) is 6.54 Å². The van der Waals surface area contributed by atoms with Crippen molar-refractivity contribution in [3.63, 3.8) is 0 Å². The van der Waals surface area contributed by atoms with Gasteiger partial charge in [-0.2, -0.15) is 18.3 Å². The third-order valence-corrected chi connectivity index (χ3v) is 2.85. The van der Waals surface area contributed by atoms with Crippen molar-refractivity contribution in [2.75, 3.05) is 12.8 Å². The van der Waals surface area contributed by atoms with Crippen molar-refractivity contribution in [2.45, 2.75) is 25.5 Å². The molecule has 0 atom stereocenters. The van der Waals surface area contributed by atoms with E-state index in [0.717, 1.165) is 11.3 Å². The average molecular weight is 253 g/mol. The van der Waals surface area contributed by atoms with E-state index in [-0.39, 0.29) is 24.1 Å². The van der Waals surface area contributed by atoms with Gasteiger partial charge in [-0.15, -0.1) is 0 Å². The second-order valence-corrected chi connectivity index (χ2v) is 4.46. The smallest absolute Gasteiger partial charge is 0.316 e. The van der Waals surface area contributed by atoms with E-state index in [1.165, 1.54) is 0 Å². The summed E-state index contributed by atoms with van der Waals surface area (Å²) in [7, 11) is 1.82. The van der Waals surface area contributed by atoms with E-state index < -0.39 is 5.51 Å². The summed E-state index contributed by atoms with van der Waals surface area (Å²) in [5.41, 5.74) is -2.23. The van der Waals surface area contributed by atoms with Crippen LogP contribution in [0.4, 0.5) is 13.2 Å². The van der Waals surface area contributed by atoms with E-state index in [1.807, 2.05) is 14.0 Å². The van der Waals surface area contributed by atoms with Crippen LogP contribution in [-0.4, -0.2) is 28.1 Å². The van der Waals surface area contributed by atoms with Crippen LogP contribution in [-0.2, 0) is 13.1 Å². The van der Waals surface area contributed by atoms with Gasteiger partial charge in [0.1, 0.15) is 0 Å². The number of thioether (sulfide) groups is 1. The molecule has 7 heteroatoms. The first-order chi connectivity index (χ1) is 7.44. The van der Waals surface area contributed by atoms with Crippen LogP contribution < -0.4 is 5.32 Å². The van der Waals surface area contributed by atoms with Gasteiger partial charge >= 0.3 is 5.51 Å². The highest BCUT2D eigenvalue weighted by atomic mass is 32.2. The SMILES string of the molecule is CNCc1cnn(CCSC(F)(F)F)c1C. The first-order valence-corrected chi connectivity index (χ1v) is 5.79. The van der Waals surface area contributed by atoms with E-state index in [4.69, 9.17) is 0 Å². The first-order valence-electron chi connectivity index (χ1n) is 4.80. The van der Waals surface area contributed by atoms with Crippen LogP contribution >= 0.6 is 11.8 Å². The molecule has 0 radical (unpaired) electrons. The molecule has 0 aromatic carbocycles. The molecule has 16 heavy (non-hydrogen) atoms. The molecule has 0 aliphatic carbocycles. The fraction of sp³-hybridized carbons (Fsp3) is 0.667. The molecule has 1 rings (SSSR count). The fourth-order valence-corrected chi connectivity index (χ4v) is 1.82. The van der Waals surface area contributed by atoms with Crippen LogP contribution in [0.3, 0.4) is 0 Å². The third-order valence-electron chi connectivity index (χ3n) is 2.14. The molecular formula is C9H14F3N3S. The number of nitrogens with one attached hydrogen (secondary N) is 1. The molecule has 0 aliphatic heterocycles. The monoisotopic (exact) mass is 253 g/mol. The molecule has 1 heterocycles. The summed E-state index contributed by atoms with van der Waals surface area (Å²) in [5, 5.41) is 7.03. The van der Waals surface area contributed by atoms with Crippen molar-refractivity contribution in [1.82, 2.24) is 15.1 Å². The van der Waals surface area contributed by atoms with Crippen molar-refractivity contribution in [3.8, 4) is 0 Å². The molecular weight excluding hydrogens is 239 g/mol. The van der Waals surface area contributed by atoms with Gasteiger partial charge in [-0.25, -0.2) is 0 Å². The Bertz CT molecular complexity index is 335. The molecule has 0 fully saturated rings. The number of rotatable bonds is 5. The zero-order valence-corrected chi connectivity index (χ0v) is 9.95. The van der Waals surface area contributed by atoms with Gasteiger partial charge in [-0.05, 0) is 25.7 Å². The highest BCUT2D eigenvalue weighted by Crippen LogP contribution is 2.30. The average Bonchev–Trinajstić information content (AvgIpc) is 2.48. The van der Waals surface area contributed by atoms with Crippen molar-refractivity contribution in [1.29, 1.82) is 0 Å². The van der Waals surface area contributed by atoms with Crippen molar-refractivity contribution in [3.05, 3.63) is 17.5 Å². The number of halogens is 3. The standard InChI is InChI=1S/C9H14F3N3S/c1-7-8(5-13-2)6-14-15(7)3-4-16-9(10,11)12/h6,13H,3-5H2,1-2H3. The lowest BCUT2D eigenvalue weighted by molar-refractivity contribution is -0.0328. The van der Waals surface area contributed by atoms with E-state index in [2.05, 4.69) is 10.4 Å². The van der Waals surface area contributed by atoms with Gasteiger partial charge < -0.3 is 5.32 Å². The molecule has 0 amide bonds. The lowest BCUT2D eigenvalue weighted by atomic mass is 10.2. The van der Waals surface area contributed by atoms with Gasteiger partial charge in [0, 0.05) is 23.6 Å². The minimum Gasteiger partial charge on any atom is -0.316 e. The van der Waals surface area contributed by atoms with Crippen LogP contribution in [0, 0.1) is 6.92 Å². The molecule has 3 nitrogen and oxygen atoms in total. The van der Waals surface area contributed by atoms with Crippen molar-refractivity contribution in [2.24, 2.45) is 0 Å². The number of hydrogen-bond donors (Lipinski definition) is 1. The topological polar surface area (TPSA) is 29.9 Å². The normalized spacial score (nSPS) is 12.1. The molecule has 0 spiro atoms. The predicted molar refractivity (Wildman–Crippen MR) is 58.2 cm³/mol. The zero-order valence-electron chi connectivity index (χ0n) is 9.14. The molecule has 0 aliphatic rings. The van der Waals surface area contributed by atoms with Crippen molar-refractivity contribution >= 4 is 11.8 Å². The lowest BCUT2D eigenvalue weighted by Gasteiger charge is -2.07. The van der Waals surface area contributed by atoms with Gasteiger partial charge in [0.25, 0.3) is 0 Å². The van der Waals surface area contributed by atoms with Gasteiger partial charge in [0.05, 0.1) is 12.7 Å². The Hall–Kier alpha value is -0.690. The molecule has 0 saturated carbocycles. The lowest BCUT2D eigenvalue weighted by Crippen LogP contribution is -2.10. The van der Waals surface area contributed by atoms with Crippen molar-refractivity contribution < 1.29 is 13.2 Å². The number of hydrogen-bond acceptors (Lipinski definition) is 3. The Morgan fingerprint density at radius 3 is 2.75 bits per heavy atom. The number of alkyl halides is 3. The maximum absolute atomic E-state index is 11.9. The molecule has 92 valence electrons. The molecule has 0 unspecified atom stereocenters. The van der Waals surface area contributed by atoms with Gasteiger partial charge in [0.2, 0.25) is 0 Å². The Kier molecular flexibility index (Phi) is 4.67. The Balaban J connectivity index is 2.48. The molecule has 1 N–H and O–H groups in total. The molecule has 1 aromatic heterocycles. The van der Waals surface area contributed by atoms with Crippen LogP contribution in [0.5, 0.6) is 0 Å². The summed E-state index contributed by atoms with van der Waals surface area (Å²) in [6.45, 7) is 2.82. The maximum Gasteiger partial charge on any atom is 0.441 e. The summed E-state index contributed by atoms with van der Waals surface area (Å²) in [5.74, 6) is -0.00892. The van der Waals surface area contributed by atoms with Crippen LogP contribution in [0.25, 0.3) is 0 Å². The van der Waals surface area contributed by atoms with Crippen LogP contribution in [0.2, 0.25) is 0 Å². The molecule has 1 aromatic rings. The van der Waals surface area contributed by atoms with E-state index in [1.54, 1.807) is 10.9 Å². The second-order valence-electron chi connectivity index (χ2n) is 3.30. The highest BCUT2D eigenvalue weighted by Gasteiger charge is 2.27. The fourth-order valence-electron chi connectivity index (χ4n) is 1.32. The highest BCUT2D eigenvalue weighted by molar-refractivity contribution is 8.00. The minimum absolute atomic E-state index is 0.00892. The van der Waals surface area contributed by atoms with Crippen LogP contribution in [0.15, 0.2) is 6.20 Å². The summed E-state index contributed by atoms with van der Waals surface area (Å²) in [6, 6.07) is 0. The van der Waals surface area contributed by atoms with Gasteiger partial charge in [-0.1, -0.05) is 0 Å². The summed E-state index contributed by atoms with van der Waals surface area (Å²) >= 11 is -0.0167. The minimum atomic E-state index is -4.16. The quantitative estimate of drug-likeness (QED) is 0.872. The third kappa shape index (κ3) is 4.05. The number of aryl methyl sites for hydroxylation is 1. The summed E-state index contributed by atoms with van der Waals surface area (Å²) < 4.78 is 37.3. The predicted octanol–water partition coefficient (Wildman–Crippen LogP) is 2.16. The summed E-state index contributed by atoms with van der Waals surface area (Å²) in [4.78, 5) is 0. The summed E-state index contributed by atoms with van der Waals surface area (Å²) in [6.07, 6.45) is 1.68. The van der Waals surface area contributed by atoms with Gasteiger partial charge in [-0.3, -0.25) is 4.68 Å². The zero-order chi connectivity index (χ0) is 12.2. The van der Waals surface area contributed by atoms with E-state index in [9.17, 15) is 13.2 Å². The number of aromatic nitrogens is 2. The molecule has 0 bridgehead atoms. The Morgan fingerprint density at radius 2 is 2.19 bits per heavy atom. The van der Waals surface area contributed by atoms with E-state index >= 15 is 0 Å². The Morgan fingerprint density at radius 1 is 1.50 bits per heavy atom. The maximum atomic E-state index is 11.9. The Labute approximate surface area is 96.4 Å². The second kappa shape index (κ2) is 5.58. The first kappa shape index (κ1) is 13.4. The van der Waals surface area contributed by atoms with Gasteiger partial charge in [0.15, 0.2) is 0 Å². The number of nitrogens with zero attached hydrogens (tertiary/aromatic N) is 2. The molecule has 0 saturated heterocycles. The largest absolute Gasteiger partial charge is 0.441 e. The van der Waals surface area contributed by atoms with Crippen LogP contribution in [0.1, 0.15) is 11.3 Å².